The van der Waals surface area contributed by atoms with Gasteiger partial charge in [0, 0.05) is 5.56 Å². The van der Waals surface area contributed by atoms with E-state index in [9.17, 15) is 4.79 Å². The summed E-state index contributed by atoms with van der Waals surface area (Å²) in [7, 11) is 0. The first-order chi connectivity index (χ1) is 13.9. The van der Waals surface area contributed by atoms with Gasteiger partial charge >= 0.3 is 0 Å². The van der Waals surface area contributed by atoms with Crippen molar-refractivity contribution in [2.75, 3.05) is 6.61 Å². The topological polar surface area (TPSA) is 52.3 Å². The van der Waals surface area contributed by atoms with E-state index < -0.39 is 5.91 Å². The van der Waals surface area contributed by atoms with Gasteiger partial charge < -0.3 is 10.5 Å². The Morgan fingerprint density at radius 1 is 1.10 bits per heavy atom. The molecule has 3 aliphatic carbocycles. The van der Waals surface area contributed by atoms with Crippen molar-refractivity contribution in [3.8, 4) is 16.9 Å². The highest BCUT2D eigenvalue weighted by Gasteiger charge is 2.55. The Labute approximate surface area is 174 Å². The molecule has 1 amide bonds. The molecule has 2 aromatic rings. The molecule has 2 N–H and O–H groups in total. The van der Waals surface area contributed by atoms with Crippen molar-refractivity contribution >= 4 is 5.91 Å². The summed E-state index contributed by atoms with van der Waals surface area (Å²) < 4.78 is 5.99. The second kappa shape index (κ2) is 7.85. The normalized spacial score (nSPS) is 27.1. The maximum absolute atomic E-state index is 11.4. The third kappa shape index (κ3) is 3.92. The Kier molecular flexibility index (Phi) is 5.42. The van der Waals surface area contributed by atoms with E-state index in [2.05, 4.69) is 20.8 Å². The van der Waals surface area contributed by atoms with Crippen LogP contribution in [0.2, 0.25) is 0 Å². The van der Waals surface area contributed by atoms with Gasteiger partial charge in [0.15, 0.2) is 0 Å². The number of nitrogens with two attached hydrogens (primary N) is 1. The van der Waals surface area contributed by atoms with E-state index in [-0.39, 0.29) is 0 Å². The molecule has 0 aliphatic heterocycles. The Hall–Kier alpha value is -2.29. The summed E-state index contributed by atoms with van der Waals surface area (Å²) in [6.45, 7) is 8.18. The summed E-state index contributed by atoms with van der Waals surface area (Å²) in [5.74, 6) is 4.09. The molecule has 0 radical (unpaired) electrons. The summed E-state index contributed by atoms with van der Waals surface area (Å²) in [4.78, 5) is 11.4. The number of hydrogen-bond donors (Lipinski definition) is 1. The highest BCUT2D eigenvalue weighted by atomic mass is 16.5. The Morgan fingerprint density at radius 3 is 2.52 bits per heavy atom. The number of rotatable bonds is 7. The second-order valence-electron chi connectivity index (χ2n) is 9.68. The Bertz CT molecular complexity index is 871. The zero-order chi connectivity index (χ0) is 20.6. The SMILES string of the molecule is C[C@@H]1[C@@H](CCCOc2ccc(-c3cccc(C(N)=O)c3)cc2)C[C@H]2C[C@@H]1C2(C)C. The summed E-state index contributed by atoms with van der Waals surface area (Å²) in [6, 6.07) is 15.5. The largest absolute Gasteiger partial charge is 0.494 e. The van der Waals surface area contributed by atoms with Crippen LogP contribution in [0, 0.1) is 29.1 Å². The second-order valence-corrected chi connectivity index (χ2v) is 9.68. The van der Waals surface area contributed by atoms with Crippen LogP contribution in [-0.2, 0) is 0 Å². The summed E-state index contributed by atoms with van der Waals surface area (Å²) in [5, 5.41) is 0. The smallest absolute Gasteiger partial charge is 0.248 e. The van der Waals surface area contributed by atoms with E-state index in [0.29, 0.717) is 11.0 Å². The molecule has 2 bridgehead atoms. The first-order valence-electron chi connectivity index (χ1n) is 11.0. The van der Waals surface area contributed by atoms with Crippen LogP contribution in [0.1, 0.15) is 56.8 Å². The quantitative estimate of drug-likeness (QED) is 0.595. The number of benzene rings is 2. The van der Waals surface area contributed by atoms with Crippen LogP contribution in [0.5, 0.6) is 5.75 Å². The zero-order valence-corrected chi connectivity index (χ0v) is 17.9. The van der Waals surface area contributed by atoms with Crippen LogP contribution in [0.3, 0.4) is 0 Å². The standard InChI is InChI=1S/C26H33NO2/c1-17-19(15-22-16-24(17)26(22,2)3)8-5-13-29-23-11-9-18(10-12-23)20-6-4-7-21(14-20)25(27)28/h4,6-7,9-12,14,17,19,22,24H,5,8,13,15-16H2,1-3H3,(H2,27,28)/t17-,19+,22+,24+/m1/s1. The molecule has 2 aromatic carbocycles. The van der Waals surface area contributed by atoms with Crippen molar-refractivity contribution in [2.45, 2.75) is 46.5 Å². The molecule has 29 heavy (non-hydrogen) atoms. The highest BCUT2D eigenvalue weighted by molar-refractivity contribution is 5.94. The third-order valence-corrected chi connectivity index (χ3v) is 7.83. The fraction of sp³-hybridized carbons (Fsp3) is 0.500. The number of carbonyl (C=O) groups excluding carboxylic acids is 1. The Morgan fingerprint density at radius 2 is 1.86 bits per heavy atom. The van der Waals surface area contributed by atoms with E-state index >= 15 is 0 Å². The van der Waals surface area contributed by atoms with Gasteiger partial charge in [0.25, 0.3) is 0 Å². The molecule has 0 spiro atoms. The van der Waals surface area contributed by atoms with Crippen molar-refractivity contribution in [3.05, 3.63) is 54.1 Å². The molecule has 5 rings (SSSR count). The van der Waals surface area contributed by atoms with Gasteiger partial charge in [0.2, 0.25) is 5.91 Å². The van der Waals surface area contributed by atoms with Crippen LogP contribution in [0.4, 0.5) is 0 Å². The molecule has 4 atom stereocenters. The lowest BCUT2D eigenvalue weighted by atomic mass is 9.43. The van der Waals surface area contributed by atoms with Gasteiger partial charge in [-0.1, -0.05) is 45.0 Å². The number of amides is 1. The minimum Gasteiger partial charge on any atom is -0.494 e. The number of hydrogen-bond acceptors (Lipinski definition) is 2. The predicted molar refractivity (Wildman–Crippen MR) is 118 cm³/mol. The van der Waals surface area contributed by atoms with Gasteiger partial charge in [0.05, 0.1) is 6.61 Å². The molecule has 3 nitrogen and oxygen atoms in total. The molecule has 3 fully saturated rings. The molecule has 154 valence electrons. The maximum atomic E-state index is 11.4. The third-order valence-electron chi connectivity index (χ3n) is 7.83. The van der Waals surface area contributed by atoms with E-state index in [1.807, 2.05) is 42.5 Å². The predicted octanol–water partition coefficient (Wildman–Crippen LogP) is 5.93. The first kappa shape index (κ1) is 20.0. The van der Waals surface area contributed by atoms with Gasteiger partial charge in [-0.15, -0.1) is 0 Å². The number of carbonyl (C=O) groups is 1. The molecular formula is C26H33NO2. The van der Waals surface area contributed by atoms with Gasteiger partial charge in [-0.05, 0) is 90.2 Å². The lowest BCUT2D eigenvalue weighted by Crippen LogP contribution is -2.54. The van der Waals surface area contributed by atoms with Crippen molar-refractivity contribution in [1.29, 1.82) is 0 Å². The van der Waals surface area contributed by atoms with Gasteiger partial charge in [-0.3, -0.25) is 4.79 Å². The van der Waals surface area contributed by atoms with E-state index in [1.165, 1.54) is 19.3 Å². The van der Waals surface area contributed by atoms with Gasteiger partial charge in [-0.25, -0.2) is 0 Å². The fourth-order valence-electron chi connectivity index (χ4n) is 5.77. The molecule has 0 aromatic heterocycles. The van der Waals surface area contributed by atoms with Gasteiger partial charge in [-0.2, -0.15) is 0 Å². The highest BCUT2D eigenvalue weighted by Crippen LogP contribution is 2.63. The number of fused-ring (bicyclic) bond motifs is 2. The summed E-state index contributed by atoms with van der Waals surface area (Å²) >= 11 is 0. The molecule has 0 heterocycles. The van der Waals surface area contributed by atoms with E-state index in [0.717, 1.165) is 53.6 Å². The van der Waals surface area contributed by atoms with Crippen molar-refractivity contribution < 1.29 is 9.53 Å². The molecule has 3 aliphatic rings. The molecular weight excluding hydrogens is 358 g/mol. The molecule has 0 saturated heterocycles. The van der Waals surface area contributed by atoms with Crippen molar-refractivity contribution in [3.63, 3.8) is 0 Å². The monoisotopic (exact) mass is 391 g/mol. The average molecular weight is 392 g/mol. The van der Waals surface area contributed by atoms with Crippen LogP contribution in [0.15, 0.2) is 48.5 Å². The van der Waals surface area contributed by atoms with Crippen molar-refractivity contribution in [1.82, 2.24) is 0 Å². The maximum Gasteiger partial charge on any atom is 0.248 e. The molecule has 3 saturated carbocycles. The summed E-state index contributed by atoms with van der Waals surface area (Å²) in [6.07, 6.45) is 5.26. The zero-order valence-electron chi connectivity index (χ0n) is 17.9. The fourth-order valence-corrected chi connectivity index (χ4v) is 5.77. The van der Waals surface area contributed by atoms with Crippen LogP contribution in [0.25, 0.3) is 11.1 Å². The molecule has 3 heteroatoms. The Balaban J connectivity index is 1.26. The van der Waals surface area contributed by atoms with E-state index in [1.54, 1.807) is 6.07 Å². The van der Waals surface area contributed by atoms with Crippen LogP contribution >= 0.6 is 0 Å². The lowest BCUT2D eigenvalue weighted by Gasteiger charge is -2.62. The number of ether oxygens (including phenoxy) is 1. The first-order valence-corrected chi connectivity index (χ1v) is 11.0. The van der Waals surface area contributed by atoms with Gasteiger partial charge in [0.1, 0.15) is 5.75 Å². The minimum absolute atomic E-state index is 0.403. The number of primary amides is 1. The summed E-state index contributed by atoms with van der Waals surface area (Å²) in [5.41, 5.74) is 8.52. The minimum atomic E-state index is -0.403. The molecule has 0 unspecified atom stereocenters. The lowest BCUT2D eigenvalue weighted by molar-refractivity contribution is -0.130. The van der Waals surface area contributed by atoms with Crippen LogP contribution in [-0.4, -0.2) is 12.5 Å². The average Bonchev–Trinajstić information content (AvgIpc) is 2.72. The van der Waals surface area contributed by atoms with E-state index in [4.69, 9.17) is 10.5 Å². The van der Waals surface area contributed by atoms with Crippen LogP contribution < -0.4 is 10.5 Å². The van der Waals surface area contributed by atoms with Crippen molar-refractivity contribution in [2.24, 2.45) is 34.8 Å².